The van der Waals surface area contributed by atoms with E-state index in [0.717, 1.165) is 88.7 Å². The first-order valence-electron chi connectivity index (χ1n) is 17.5. The molecule has 0 saturated carbocycles. The Kier molecular flexibility index (Phi) is 28.6. The molecule has 0 aliphatic carbocycles. The van der Waals surface area contributed by atoms with Crippen LogP contribution in [0.2, 0.25) is 0 Å². The number of carbonyl (C=O) groups excluding carboxylic acids is 2. The van der Waals surface area contributed by atoms with Crippen LogP contribution in [0.25, 0.3) is 0 Å². The van der Waals surface area contributed by atoms with Gasteiger partial charge in [-0.3, -0.25) is 0 Å². The third-order valence-electron chi connectivity index (χ3n) is 6.63. The summed E-state index contributed by atoms with van der Waals surface area (Å²) in [6.45, 7) is 20.9. The van der Waals surface area contributed by atoms with Crippen molar-refractivity contribution in [1.82, 2.24) is 26.2 Å². The predicted molar refractivity (Wildman–Crippen MR) is 207 cm³/mol. The SMILES string of the molecule is CC(C)CN(CCN)CCNCCN.CC(C)CNC(=O)Nc1ccc(Cc2ccc(NC(N)=O)cc2)cc1.NCCNCCNCCN. The summed E-state index contributed by atoms with van der Waals surface area (Å²) in [5, 5.41) is 17.8. The van der Waals surface area contributed by atoms with E-state index in [9.17, 15) is 9.59 Å². The lowest BCUT2D eigenvalue weighted by atomic mass is 10.0. The van der Waals surface area contributed by atoms with Crippen molar-refractivity contribution in [2.45, 2.75) is 34.1 Å². The summed E-state index contributed by atoms with van der Waals surface area (Å²) in [6.07, 6.45) is 0.761. The average molecular weight is 689 g/mol. The number of hydrogen-bond donors (Lipinski definition) is 11. The van der Waals surface area contributed by atoms with Crippen LogP contribution < -0.4 is 60.6 Å². The first-order chi connectivity index (χ1) is 23.5. The van der Waals surface area contributed by atoms with Crippen molar-refractivity contribution in [3.63, 3.8) is 0 Å². The molecule has 14 heteroatoms. The van der Waals surface area contributed by atoms with Crippen molar-refractivity contribution < 1.29 is 9.59 Å². The first-order valence-corrected chi connectivity index (χ1v) is 17.5. The van der Waals surface area contributed by atoms with Gasteiger partial charge in [-0.25, -0.2) is 9.59 Å². The second-order valence-electron chi connectivity index (χ2n) is 12.4. The van der Waals surface area contributed by atoms with Gasteiger partial charge in [0.15, 0.2) is 0 Å². The third-order valence-corrected chi connectivity index (χ3v) is 6.63. The van der Waals surface area contributed by atoms with Crippen LogP contribution in [0.1, 0.15) is 38.8 Å². The van der Waals surface area contributed by atoms with E-state index in [1.807, 2.05) is 62.4 Å². The minimum Gasteiger partial charge on any atom is -0.351 e. The summed E-state index contributed by atoms with van der Waals surface area (Å²) in [5.41, 5.74) is 30.2. The molecule has 0 fully saturated rings. The molecule has 0 atom stereocenters. The standard InChI is InChI=1S/C19H24N4O2.C10H26N4.C6H18N4/c1-13(2)12-21-19(25)23-17-9-5-15(6-10-17)11-14-3-7-16(8-4-14)22-18(20)24;1-10(2)9-14(7-4-12)8-6-13-5-3-11;7-1-3-9-5-6-10-4-2-8/h3-10,13H,11-12H2,1-2H3,(H3,20,22,24)(H2,21,23,25);10,13H,3-9,11-12H2,1-2H3;9-10H,1-8H2. The lowest BCUT2D eigenvalue weighted by Crippen LogP contribution is -2.38. The normalized spacial score (nSPS) is 10.7. The molecule has 0 saturated heterocycles. The van der Waals surface area contributed by atoms with Crippen LogP contribution in [0.5, 0.6) is 0 Å². The van der Waals surface area contributed by atoms with Crippen LogP contribution in [0.15, 0.2) is 48.5 Å². The van der Waals surface area contributed by atoms with Crippen LogP contribution in [-0.4, -0.2) is 109 Å². The smallest absolute Gasteiger partial charge is 0.319 e. The van der Waals surface area contributed by atoms with Gasteiger partial charge in [-0.15, -0.1) is 0 Å². The van der Waals surface area contributed by atoms with Crippen molar-refractivity contribution in [2.24, 2.45) is 40.5 Å². The van der Waals surface area contributed by atoms with Crippen molar-refractivity contribution in [3.8, 4) is 0 Å². The number of hydrogen-bond acceptors (Lipinski definition) is 10. The summed E-state index contributed by atoms with van der Waals surface area (Å²) in [4.78, 5) is 24.9. The van der Waals surface area contributed by atoms with Crippen molar-refractivity contribution >= 4 is 23.4 Å². The molecule has 0 radical (unpaired) electrons. The Morgan fingerprint density at radius 3 is 1.49 bits per heavy atom. The van der Waals surface area contributed by atoms with Crippen LogP contribution in [-0.2, 0) is 6.42 Å². The number of nitrogens with zero attached hydrogens (tertiary/aromatic N) is 1. The highest BCUT2D eigenvalue weighted by molar-refractivity contribution is 5.89. The summed E-state index contributed by atoms with van der Waals surface area (Å²) in [6, 6.07) is 14.5. The molecule has 0 spiro atoms. The molecule has 0 unspecified atom stereocenters. The van der Waals surface area contributed by atoms with Gasteiger partial charge < -0.3 is 65.5 Å². The summed E-state index contributed by atoms with van der Waals surface area (Å²) in [5.74, 6) is 1.12. The van der Waals surface area contributed by atoms with E-state index >= 15 is 0 Å². The van der Waals surface area contributed by atoms with Gasteiger partial charge in [0, 0.05) is 103 Å². The molecule has 14 nitrogen and oxygen atoms in total. The zero-order valence-corrected chi connectivity index (χ0v) is 30.5. The topological polar surface area (TPSA) is 240 Å². The minimum atomic E-state index is -0.576. The largest absolute Gasteiger partial charge is 0.351 e. The highest BCUT2D eigenvalue weighted by Crippen LogP contribution is 2.16. The van der Waals surface area contributed by atoms with E-state index in [2.05, 4.69) is 50.6 Å². The Morgan fingerprint density at radius 1 is 0.612 bits per heavy atom. The molecule has 4 amide bonds. The molecule has 0 aromatic heterocycles. The van der Waals surface area contributed by atoms with E-state index in [4.69, 9.17) is 28.7 Å². The van der Waals surface area contributed by atoms with Gasteiger partial charge in [0.2, 0.25) is 0 Å². The Labute approximate surface area is 295 Å². The quantitative estimate of drug-likeness (QED) is 0.0787. The molecule has 0 aliphatic rings. The van der Waals surface area contributed by atoms with Gasteiger partial charge >= 0.3 is 12.1 Å². The number of rotatable bonds is 22. The number of carbonyl (C=O) groups is 2. The van der Waals surface area contributed by atoms with E-state index in [0.29, 0.717) is 43.7 Å². The molecule has 280 valence electrons. The summed E-state index contributed by atoms with van der Waals surface area (Å²) < 4.78 is 0. The third kappa shape index (κ3) is 28.2. The maximum atomic E-state index is 11.7. The molecule has 2 aromatic carbocycles. The Bertz CT molecular complexity index is 1060. The number of benzene rings is 2. The maximum absolute atomic E-state index is 11.7. The summed E-state index contributed by atoms with van der Waals surface area (Å²) >= 11 is 0. The molecule has 0 aliphatic heterocycles. The number of amides is 4. The van der Waals surface area contributed by atoms with Crippen LogP contribution in [0.4, 0.5) is 21.0 Å². The Morgan fingerprint density at radius 2 is 1.08 bits per heavy atom. The van der Waals surface area contributed by atoms with Gasteiger partial charge in [0.1, 0.15) is 0 Å². The van der Waals surface area contributed by atoms with E-state index in [1.54, 1.807) is 0 Å². The molecule has 0 bridgehead atoms. The minimum absolute atomic E-state index is 0.195. The van der Waals surface area contributed by atoms with Crippen LogP contribution >= 0.6 is 0 Å². The fourth-order valence-electron chi connectivity index (χ4n) is 4.35. The van der Waals surface area contributed by atoms with Crippen molar-refractivity contribution in [2.75, 3.05) is 102 Å². The lowest BCUT2D eigenvalue weighted by molar-refractivity contribution is 0.250. The van der Waals surface area contributed by atoms with Gasteiger partial charge in [-0.05, 0) is 53.6 Å². The van der Waals surface area contributed by atoms with Crippen LogP contribution in [0.3, 0.4) is 0 Å². The lowest BCUT2D eigenvalue weighted by Gasteiger charge is -2.23. The highest BCUT2D eigenvalue weighted by Gasteiger charge is 2.06. The predicted octanol–water partition coefficient (Wildman–Crippen LogP) is 1.08. The monoisotopic (exact) mass is 689 g/mol. The van der Waals surface area contributed by atoms with E-state index < -0.39 is 6.03 Å². The molecule has 2 aromatic rings. The Hall–Kier alpha value is -3.34. The fourth-order valence-corrected chi connectivity index (χ4v) is 4.35. The highest BCUT2D eigenvalue weighted by atomic mass is 16.2. The Balaban J connectivity index is 0.000000809. The number of nitrogens with two attached hydrogens (primary N) is 5. The maximum Gasteiger partial charge on any atom is 0.319 e. The second kappa shape index (κ2) is 30.7. The van der Waals surface area contributed by atoms with Crippen molar-refractivity contribution in [1.29, 1.82) is 0 Å². The van der Waals surface area contributed by atoms with E-state index in [1.165, 1.54) is 0 Å². The molecule has 16 N–H and O–H groups in total. The van der Waals surface area contributed by atoms with Gasteiger partial charge in [0.05, 0.1) is 0 Å². The van der Waals surface area contributed by atoms with E-state index in [-0.39, 0.29) is 6.03 Å². The number of primary amides is 1. The molecule has 2 rings (SSSR count). The first kappa shape index (κ1) is 45.7. The number of urea groups is 2. The van der Waals surface area contributed by atoms with Crippen LogP contribution in [0, 0.1) is 11.8 Å². The second-order valence-corrected chi connectivity index (χ2v) is 12.4. The van der Waals surface area contributed by atoms with Gasteiger partial charge in [-0.1, -0.05) is 52.0 Å². The van der Waals surface area contributed by atoms with Gasteiger partial charge in [-0.2, -0.15) is 0 Å². The van der Waals surface area contributed by atoms with Gasteiger partial charge in [0.25, 0.3) is 0 Å². The van der Waals surface area contributed by atoms with Crippen molar-refractivity contribution in [3.05, 3.63) is 59.7 Å². The number of nitrogens with one attached hydrogen (secondary N) is 6. The zero-order chi connectivity index (χ0) is 36.7. The fraction of sp³-hybridized carbons (Fsp3) is 0.600. The molecular weight excluding hydrogens is 620 g/mol. The molecule has 0 heterocycles. The zero-order valence-electron chi connectivity index (χ0n) is 30.5. The molecule has 49 heavy (non-hydrogen) atoms. The summed E-state index contributed by atoms with van der Waals surface area (Å²) in [7, 11) is 0. The molecular formula is C35H68N12O2. The number of anilines is 2. The average Bonchev–Trinajstić information content (AvgIpc) is 3.06.